The van der Waals surface area contributed by atoms with Gasteiger partial charge in [0.2, 0.25) is 0 Å². The molecule has 0 saturated heterocycles. The molecule has 4 rings (SSSR count). The maximum atomic E-state index is 5.93. The van der Waals surface area contributed by atoms with Gasteiger partial charge in [-0.2, -0.15) is 0 Å². The summed E-state index contributed by atoms with van der Waals surface area (Å²) in [6, 6.07) is 12.5. The molecule has 2 heterocycles. The number of benzene rings is 2. The zero-order valence-electron chi connectivity index (χ0n) is 15.6. The Morgan fingerprint density at radius 1 is 1.12 bits per heavy atom. The Hall–Kier alpha value is -2.11. The Balaban J connectivity index is 2.00. The Kier molecular flexibility index (Phi) is 3.97. The van der Waals surface area contributed by atoms with Gasteiger partial charge in [-0.25, -0.2) is 0 Å². The fraction of sp³-hybridized carbons (Fsp3) is 0.286. The van der Waals surface area contributed by atoms with E-state index >= 15 is 0 Å². The van der Waals surface area contributed by atoms with Gasteiger partial charge in [-0.05, 0) is 63.1 Å². The van der Waals surface area contributed by atoms with E-state index in [9.17, 15) is 0 Å². The van der Waals surface area contributed by atoms with E-state index in [1.54, 1.807) is 18.6 Å². The quantitative estimate of drug-likeness (QED) is 0.533. The monoisotopic (exact) mass is 382 g/mol. The van der Waals surface area contributed by atoms with Crippen LogP contribution >= 0.6 is 23.8 Å². The van der Waals surface area contributed by atoms with E-state index in [4.69, 9.17) is 17.0 Å². The topological polar surface area (TPSA) is 26.2 Å². The van der Waals surface area contributed by atoms with Crippen LogP contribution in [-0.4, -0.2) is 11.1 Å². The van der Waals surface area contributed by atoms with E-state index in [1.165, 1.54) is 27.1 Å². The Labute approximate surface area is 163 Å². The fourth-order valence-electron chi connectivity index (χ4n) is 3.47. The highest BCUT2D eigenvalue weighted by molar-refractivity contribution is 7.71. The minimum absolute atomic E-state index is 0.174. The molecule has 0 fully saturated rings. The second-order valence-corrected chi connectivity index (χ2v) is 8.67. The summed E-state index contributed by atoms with van der Waals surface area (Å²) in [5.74, 6) is 0.833. The SMILES string of the molecule is COc1cccc(-n2sc3c(c2=S)-c2cc(C)c(C)cc2NC3(C)C)c1. The molecule has 3 aromatic rings. The summed E-state index contributed by atoms with van der Waals surface area (Å²) in [5.41, 5.74) is 6.97. The molecule has 1 aliphatic heterocycles. The number of nitrogens with zero attached hydrogens (tertiary/aromatic N) is 1. The third kappa shape index (κ3) is 2.58. The van der Waals surface area contributed by atoms with Crippen LogP contribution in [0.4, 0.5) is 5.69 Å². The first-order chi connectivity index (χ1) is 12.3. The molecule has 1 N–H and O–H groups in total. The van der Waals surface area contributed by atoms with Crippen molar-refractivity contribution in [2.24, 2.45) is 0 Å². The van der Waals surface area contributed by atoms with Gasteiger partial charge in [0.15, 0.2) is 0 Å². The van der Waals surface area contributed by atoms with Gasteiger partial charge >= 0.3 is 0 Å². The minimum atomic E-state index is -0.174. The smallest absolute Gasteiger partial charge is 0.129 e. The predicted molar refractivity (Wildman–Crippen MR) is 113 cm³/mol. The van der Waals surface area contributed by atoms with E-state index in [1.807, 2.05) is 18.2 Å². The zero-order valence-corrected chi connectivity index (χ0v) is 17.3. The van der Waals surface area contributed by atoms with Crippen LogP contribution in [-0.2, 0) is 5.54 Å². The molecule has 0 radical (unpaired) electrons. The third-order valence-electron chi connectivity index (χ3n) is 5.01. The summed E-state index contributed by atoms with van der Waals surface area (Å²) in [5, 5.41) is 3.70. The van der Waals surface area contributed by atoms with Crippen molar-refractivity contribution in [3.8, 4) is 22.6 Å². The molecule has 2 aromatic carbocycles. The molecule has 0 amide bonds. The van der Waals surface area contributed by atoms with E-state index in [0.29, 0.717) is 0 Å². The lowest BCUT2D eigenvalue weighted by Gasteiger charge is -2.33. The van der Waals surface area contributed by atoms with Gasteiger partial charge in [-0.1, -0.05) is 29.8 Å². The summed E-state index contributed by atoms with van der Waals surface area (Å²) >= 11 is 7.64. The van der Waals surface area contributed by atoms with Crippen molar-refractivity contribution >= 4 is 29.4 Å². The average molecular weight is 383 g/mol. The molecule has 0 bridgehead atoms. The molecule has 0 spiro atoms. The van der Waals surface area contributed by atoms with Gasteiger partial charge < -0.3 is 10.1 Å². The highest BCUT2D eigenvalue weighted by Crippen LogP contribution is 2.48. The molecule has 5 heteroatoms. The molecular formula is C21H22N2OS2. The molecule has 134 valence electrons. The first-order valence-corrected chi connectivity index (χ1v) is 9.81. The van der Waals surface area contributed by atoms with Gasteiger partial charge in [0, 0.05) is 22.9 Å². The van der Waals surface area contributed by atoms with Crippen LogP contribution < -0.4 is 10.1 Å². The van der Waals surface area contributed by atoms with Crippen molar-refractivity contribution < 1.29 is 4.74 Å². The summed E-state index contributed by atoms with van der Waals surface area (Å²) in [4.78, 5) is 1.26. The fourth-order valence-corrected chi connectivity index (χ4v) is 5.11. The Morgan fingerprint density at radius 2 is 1.85 bits per heavy atom. The van der Waals surface area contributed by atoms with Gasteiger partial charge in [0.1, 0.15) is 10.4 Å². The largest absolute Gasteiger partial charge is 0.497 e. The van der Waals surface area contributed by atoms with Crippen LogP contribution in [0, 0.1) is 18.5 Å². The summed E-state index contributed by atoms with van der Waals surface area (Å²) in [6.07, 6.45) is 0. The molecule has 1 aliphatic rings. The number of rotatable bonds is 2. The number of nitrogens with one attached hydrogen (secondary N) is 1. The van der Waals surface area contributed by atoms with Gasteiger partial charge in [0.25, 0.3) is 0 Å². The summed E-state index contributed by atoms with van der Waals surface area (Å²) in [6.45, 7) is 8.73. The number of hydrogen-bond donors (Lipinski definition) is 1. The second kappa shape index (κ2) is 5.96. The molecule has 0 atom stereocenters. The molecule has 26 heavy (non-hydrogen) atoms. The van der Waals surface area contributed by atoms with Crippen molar-refractivity contribution in [1.29, 1.82) is 0 Å². The van der Waals surface area contributed by atoms with E-state index in [0.717, 1.165) is 21.8 Å². The number of anilines is 1. The lowest BCUT2D eigenvalue weighted by molar-refractivity contribution is 0.414. The van der Waals surface area contributed by atoms with E-state index in [2.05, 4.69) is 55.2 Å². The van der Waals surface area contributed by atoms with Crippen LogP contribution in [0.5, 0.6) is 5.75 Å². The van der Waals surface area contributed by atoms with Crippen molar-refractivity contribution in [1.82, 2.24) is 3.96 Å². The zero-order chi connectivity index (χ0) is 18.6. The van der Waals surface area contributed by atoms with Crippen LogP contribution in [0.2, 0.25) is 0 Å². The average Bonchev–Trinajstić information content (AvgIpc) is 2.96. The van der Waals surface area contributed by atoms with Crippen molar-refractivity contribution in [3.05, 3.63) is 57.0 Å². The molecule has 1 aromatic heterocycles. The third-order valence-corrected chi connectivity index (χ3v) is 6.99. The van der Waals surface area contributed by atoms with Crippen LogP contribution in [0.25, 0.3) is 16.8 Å². The molecule has 0 unspecified atom stereocenters. The highest BCUT2D eigenvalue weighted by atomic mass is 32.1. The van der Waals surface area contributed by atoms with Gasteiger partial charge in [-0.3, -0.25) is 3.96 Å². The number of aryl methyl sites for hydroxylation is 2. The van der Waals surface area contributed by atoms with E-state index in [-0.39, 0.29) is 5.54 Å². The first kappa shape index (κ1) is 17.3. The number of ether oxygens (including phenoxy) is 1. The Bertz CT molecular complexity index is 1080. The Morgan fingerprint density at radius 3 is 2.58 bits per heavy atom. The van der Waals surface area contributed by atoms with Crippen molar-refractivity contribution in [2.45, 2.75) is 33.2 Å². The van der Waals surface area contributed by atoms with E-state index < -0.39 is 0 Å². The molecule has 0 saturated carbocycles. The van der Waals surface area contributed by atoms with Gasteiger partial charge in [-0.15, -0.1) is 0 Å². The number of aromatic nitrogens is 1. The standard InChI is InChI=1S/C21H22N2OS2/c1-12-9-16-17(10-13(12)2)22-21(3,4)19-18(16)20(25)23(26-19)14-7-6-8-15(11-14)24-5/h6-11,22H,1-5H3. The van der Waals surface area contributed by atoms with Crippen molar-refractivity contribution in [3.63, 3.8) is 0 Å². The highest BCUT2D eigenvalue weighted by Gasteiger charge is 2.34. The van der Waals surface area contributed by atoms with Crippen LogP contribution in [0.15, 0.2) is 36.4 Å². The van der Waals surface area contributed by atoms with Crippen LogP contribution in [0.3, 0.4) is 0 Å². The first-order valence-electron chi connectivity index (χ1n) is 8.63. The number of fused-ring (bicyclic) bond motifs is 3. The summed E-state index contributed by atoms with van der Waals surface area (Å²) < 4.78 is 8.38. The molecule has 3 nitrogen and oxygen atoms in total. The lowest BCUT2D eigenvalue weighted by Crippen LogP contribution is -2.30. The predicted octanol–water partition coefficient (Wildman–Crippen LogP) is 6.22. The lowest BCUT2D eigenvalue weighted by atomic mass is 9.88. The summed E-state index contributed by atoms with van der Waals surface area (Å²) in [7, 11) is 1.69. The number of hydrogen-bond acceptors (Lipinski definition) is 4. The maximum absolute atomic E-state index is 5.93. The van der Waals surface area contributed by atoms with Crippen LogP contribution in [0.1, 0.15) is 29.9 Å². The minimum Gasteiger partial charge on any atom is -0.497 e. The van der Waals surface area contributed by atoms with Crippen molar-refractivity contribution in [2.75, 3.05) is 12.4 Å². The normalized spacial score (nSPS) is 14.3. The number of methoxy groups -OCH3 is 1. The second-order valence-electron chi connectivity index (χ2n) is 7.33. The maximum Gasteiger partial charge on any atom is 0.129 e. The van der Waals surface area contributed by atoms with Gasteiger partial charge in [0.05, 0.1) is 23.2 Å². The molecular weight excluding hydrogens is 360 g/mol. The molecule has 0 aliphatic carbocycles.